The first-order valence-corrected chi connectivity index (χ1v) is 7.95. The molecule has 2 aromatic rings. The molecule has 0 saturated carbocycles. The van der Waals surface area contributed by atoms with E-state index in [1.54, 1.807) is 12.1 Å². The number of benzene rings is 2. The Labute approximate surface area is 142 Å². The van der Waals surface area contributed by atoms with Crippen LogP contribution in [-0.4, -0.2) is 6.29 Å². The Balaban J connectivity index is 2.47. The molecule has 0 atom stereocenters. The predicted octanol–water partition coefficient (Wildman–Crippen LogP) is 4.70. The van der Waals surface area contributed by atoms with Crippen LogP contribution in [0.4, 0.5) is 22.7 Å². The maximum atomic E-state index is 10.7. The molecular formula is C19H24N4O. The summed E-state index contributed by atoms with van der Waals surface area (Å²) in [5.74, 6) is 0. The lowest BCUT2D eigenvalue weighted by Crippen LogP contribution is -2.14. The lowest BCUT2D eigenvalue weighted by molar-refractivity contribution is -0.107. The molecule has 0 fully saturated rings. The van der Waals surface area contributed by atoms with Gasteiger partial charge in [-0.05, 0) is 41.2 Å². The van der Waals surface area contributed by atoms with Crippen LogP contribution in [0.25, 0.3) is 0 Å². The Hall–Kier alpha value is -2.69. The molecule has 0 saturated heterocycles. The smallest absolute Gasteiger partial charge is 0.120 e. The molecule has 4 N–H and O–H groups in total. The second-order valence-corrected chi connectivity index (χ2v) is 6.79. The van der Waals surface area contributed by atoms with Gasteiger partial charge in [-0.3, -0.25) is 0 Å². The Morgan fingerprint density at radius 1 is 1.04 bits per heavy atom. The summed E-state index contributed by atoms with van der Waals surface area (Å²) in [6.07, 6.45) is 2.04. The van der Waals surface area contributed by atoms with Gasteiger partial charge in [0.1, 0.15) is 17.7 Å². The van der Waals surface area contributed by atoms with Crippen molar-refractivity contribution in [2.24, 2.45) is 10.2 Å². The van der Waals surface area contributed by atoms with Crippen molar-refractivity contribution in [3.05, 3.63) is 47.5 Å². The first-order chi connectivity index (χ1) is 11.3. The molecule has 0 heterocycles. The average molecular weight is 324 g/mol. The minimum Gasteiger partial charge on any atom is -0.397 e. The maximum absolute atomic E-state index is 10.7. The maximum Gasteiger partial charge on any atom is 0.120 e. The molecule has 0 unspecified atom stereocenters. The molecule has 0 amide bonds. The second-order valence-electron chi connectivity index (χ2n) is 6.79. The first-order valence-electron chi connectivity index (χ1n) is 7.95. The van der Waals surface area contributed by atoms with Crippen molar-refractivity contribution in [2.75, 3.05) is 11.5 Å². The first kappa shape index (κ1) is 17.7. The van der Waals surface area contributed by atoms with Crippen LogP contribution >= 0.6 is 0 Å². The van der Waals surface area contributed by atoms with E-state index in [0.29, 0.717) is 35.6 Å². The summed E-state index contributed by atoms with van der Waals surface area (Å²) >= 11 is 0. The van der Waals surface area contributed by atoms with Crippen LogP contribution in [0.3, 0.4) is 0 Å². The molecule has 0 aliphatic rings. The van der Waals surface area contributed by atoms with Crippen LogP contribution < -0.4 is 11.5 Å². The summed E-state index contributed by atoms with van der Waals surface area (Å²) in [5, 5.41) is 8.54. The summed E-state index contributed by atoms with van der Waals surface area (Å²) in [5.41, 5.74) is 16.5. The zero-order valence-corrected chi connectivity index (χ0v) is 14.4. The third-order valence-corrected chi connectivity index (χ3v) is 3.78. The monoisotopic (exact) mass is 324 g/mol. The number of nitrogens with zero attached hydrogens (tertiary/aromatic N) is 2. The van der Waals surface area contributed by atoms with Gasteiger partial charge in [-0.25, -0.2) is 0 Å². The number of hydrogen-bond donors (Lipinski definition) is 2. The van der Waals surface area contributed by atoms with E-state index in [2.05, 4.69) is 37.1 Å². The van der Waals surface area contributed by atoms with Crippen LogP contribution in [0.5, 0.6) is 0 Å². The van der Waals surface area contributed by atoms with Crippen molar-refractivity contribution in [3.8, 4) is 0 Å². The van der Waals surface area contributed by atoms with Crippen molar-refractivity contribution in [1.29, 1.82) is 0 Å². The molecule has 2 aromatic carbocycles. The number of rotatable bonds is 5. The van der Waals surface area contributed by atoms with Crippen LogP contribution in [0.2, 0.25) is 0 Å². The number of azo groups is 1. The fraction of sp³-hybridized carbons (Fsp3) is 0.316. The Morgan fingerprint density at radius 2 is 1.71 bits per heavy atom. The number of anilines is 2. The lowest BCUT2D eigenvalue weighted by atomic mass is 9.84. The summed E-state index contributed by atoms with van der Waals surface area (Å²) in [4.78, 5) is 10.7. The van der Waals surface area contributed by atoms with E-state index in [0.717, 1.165) is 17.4 Å². The third kappa shape index (κ3) is 4.19. The predicted molar refractivity (Wildman–Crippen MR) is 99.0 cm³/mol. The molecule has 0 aromatic heterocycles. The standard InChI is InChI=1S/C19H24N4O/c1-19(2,3)14-11-13(7-6-10-24)12-17(18(14)21)23-22-16-9-5-4-8-15(16)20/h4-5,8-12H,6-7,20-21H2,1-3H3. The minimum atomic E-state index is -0.128. The number of carbonyl (C=O) groups is 1. The van der Waals surface area contributed by atoms with Gasteiger partial charge in [-0.15, -0.1) is 10.2 Å². The van der Waals surface area contributed by atoms with E-state index in [1.165, 1.54) is 0 Å². The van der Waals surface area contributed by atoms with E-state index in [4.69, 9.17) is 11.5 Å². The number of para-hydroxylation sites is 1. The van der Waals surface area contributed by atoms with Crippen LogP contribution in [0, 0.1) is 0 Å². The number of nitrogens with two attached hydrogens (primary N) is 2. The van der Waals surface area contributed by atoms with Crippen LogP contribution in [-0.2, 0) is 16.6 Å². The van der Waals surface area contributed by atoms with Gasteiger partial charge in [0.15, 0.2) is 0 Å². The number of hydrogen-bond acceptors (Lipinski definition) is 5. The molecular weight excluding hydrogens is 300 g/mol. The molecule has 0 bridgehead atoms. The van der Waals surface area contributed by atoms with Crippen molar-refractivity contribution in [2.45, 2.75) is 39.0 Å². The minimum absolute atomic E-state index is 0.128. The topological polar surface area (TPSA) is 93.8 Å². The quantitative estimate of drug-likeness (QED) is 0.474. The summed E-state index contributed by atoms with van der Waals surface area (Å²) in [6, 6.07) is 11.2. The van der Waals surface area contributed by atoms with Gasteiger partial charge in [-0.1, -0.05) is 39.0 Å². The summed E-state index contributed by atoms with van der Waals surface area (Å²) in [6.45, 7) is 6.29. The van der Waals surface area contributed by atoms with Crippen molar-refractivity contribution in [3.63, 3.8) is 0 Å². The Bertz CT molecular complexity index is 760. The molecule has 5 heteroatoms. The van der Waals surface area contributed by atoms with Crippen molar-refractivity contribution >= 4 is 29.0 Å². The fourth-order valence-corrected chi connectivity index (χ4v) is 2.46. The highest BCUT2D eigenvalue weighted by Crippen LogP contribution is 2.37. The van der Waals surface area contributed by atoms with Gasteiger partial charge < -0.3 is 16.3 Å². The van der Waals surface area contributed by atoms with Gasteiger partial charge in [0, 0.05) is 6.42 Å². The van der Waals surface area contributed by atoms with E-state index in [9.17, 15) is 4.79 Å². The van der Waals surface area contributed by atoms with Gasteiger partial charge in [0.05, 0.1) is 11.4 Å². The van der Waals surface area contributed by atoms with Crippen LogP contribution in [0.15, 0.2) is 46.6 Å². The molecule has 0 aliphatic carbocycles. The number of carbonyl (C=O) groups excluding carboxylic acids is 1. The molecule has 126 valence electrons. The fourth-order valence-electron chi connectivity index (χ4n) is 2.46. The van der Waals surface area contributed by atoms with E-state index >= 15 is 0 Å². The highest BCUT2D eigenvalue weighted by Gasteiger charge is 2.20. The highest BCUT2D eigenvalue weighted by molar-refractivity contribution is 5.70. The largest absolute Gasteiger partial charge is 0.397 e. The number of nitrogen functional groups attached to an aromatic ring is 2. The molecule has 24 heavy (non-hydrogen) atoms. The molecule has 2 rings (SSSR count). The second kappa shape index (κ2) is 7.25. The molecule has 0 radical (unpaired) electrons. The normalized spacial score (nSPS) is 11.8. The van der Waals surface area contributed by atoms with Gasteiger partial charge in [0.2, 0.25) is 0 Å². The molecule has 5 nitrogen and oxygen atoms in total. The van der Waals surface area contributed by atoms with Crippen LogP contribution in [0.1, 0.15) is 38.3 Å². The van der Waals surface area contributed by atoms with E-state index in [1.807, 2.05) is 18.2 Å². The summed E-state index contributed by atoms with van der Waals surface area (Å²) < 4.78 is 0. The van der Waals surface area contributed by atoms with Gasteiger partial charge in [0.25, 0.3) is 0 Å². The van der Waals surface area contributed by atoms with E-state index < -0.39 is 0 Å². The number of aldehydes is 1. The van der Waals surface area contributed by atoms with E-state index in [-0.39, 0.29) is 5.41 Å². The zero-order valence-electron chi connectivity index (χ0n) is 14.4. The Morgan fingerprint density at radius 3 is 2.33 bits per heavy atom. The SMILES string of the molecule is CC(C)(C)c1cc(CCC=O)cc(N=Nc2ccccc2N)c1N. The lowest BCUT2D eigenvalue weighted by Gasteiger charge is -2.23. The zero-order chi connectivity index (χ0) is 17.7. The average Bonchev–Trinajstić information content (AvgIpc) is 2.52. The number of aryl methyl sites for hydroxylation is 1. The van der Waals surface area contributed by atoms with Crippen molar-refractivity contribution in [1.82, 2.24) is 0 Å². The highest BCUT2D eigenvalue weighted by atomic mass is 16.1. The van der Waals surface area contributed by atoms with Crippen molar-refractivity contribution < 1.29 is 4.79 Å². The van der Waals surface area contributed by atoms with Gasteiger partial charge in [-0.2, -0.15) is 0 Å². The third-order valence-electron chi connectivity index (χ3n) is 3.78. The molecule has 0 spiro atoms. The molecule has 0 aliphatic heterocycles. The van der Waals surface area contributed by atoms with Gasteiger partial charge >= 0.3 is 0 Å². The Kier molecular flexibility index (Phi) is 5.34. The summed E-state index contributed by atoms with van der Waals surface area (Å²) in [7, 11) is 0.